The minimum absolute atomic E-state index is 0.0122. The molecule has 11 nitrogen and oxygen atoms in total. The van der Waals surface area contributed by atoms with Crippen molar-refractivity contribution in [3.63, 3.8) is 0 Å². The first-order valence-electron chi connectivity index (χ1n) is 10.6. The summed E-state index contributed by atoms with van der Waals surface area (Å²) in [6.07, 6.45) is 8.53. The van der Waals surface area contributed by atoms with Crippen LogP contribution in [0.4, 0.5) is 21.7 Å². The number of carbonyl (C=O) groups is 1. The molecule has 0 saturated heterocycles. The van der Waals surface area contributed by atoms with Crippen LogP contribution in [0.1, 0.15) is 36.0 Å². The Morgan fingerprint density at radius 3 is 2.70 bits per heavy atom. The monoisotopic (exact) mass is 450 g/mol. The Bertz CT molecular complexity index is 1300. The number of amides is 1. The highest BCUT2D eigenvalue weighted by molar-refractivity contribution is 6.00. The lowest BCUT2D eigenvalue weighted by atomic mass is 9.91. The molecule has 0 spiro atoms. The van der Waals surface area contributed by atoms with Crippen molar-refractivity contribution in [3.8, 4) is 5.82 Å². The van der Waals surface area contributed by atoms with Gasteiger partial charge < -0.3 is 27.1 Å². The molecule has 1 aliphatic rings. The van der Waals surface area contributed by atoms with Crippen LogP contribution >= 0.6 is 0 Å². The Kier molecular flexibility index (Phi) is 5.34. The molecular formula is C21H23FN10O. The number of aromatic amines is 1. The fraction of sp³-hybridized carbons (Fsp3) is 0.286. The molecule has 1 fully saturated rings. The van der Waals surface area contributed by atoms with Gasteiger partial charge in [-0.15, -0.1) is 4.80 Å². The molecular weight excluding hydrogens is 427 g/mol. The Hall–Kier alpha value is -4.06. The molecule has 0 bridgehead atoms. The number of pyridine rings is 2. The molecule has 4 aromatic rings. The minimum Gasteiger partial charge on any atom is -0.365 e. The summed E-state index contributed by atoms with van der Waals surface area (Å²) in [6, 6.07) is 4.40. The summed E-state index contributed by atoms with van der Waals surface area (Å²) in [5.74, 6) is -0.915. The number of halogens is 1. The number of hydrogen-bond donors (Lipinski definition) is 5. The third-order valence-corrected chi connectivity index (χ3v) is 5.77. The van der Waals surface area contributed by atoms with Gasteiger partial charge in [0.1, 0.15) is 11.5 Å². The molecule has 0 aromatic carbocycles. The SMILES string of the molecule is NC(=O)c1cc(F)c(NC2CCCC[C@@H]2N)nc1Nc1cc(-n2nccn2)nc2[nH]ccc12. The van der Waals surface area contributed by atoms with Gasteiger partial charge in [-0.2, -0.15) is 10.2 Å². The highest BCUT2D eigenvalue weighted by atomic mass is 19.1. The number of nitrogens with one attached hydrogen (secondary N) is 3. The van der Waals surface area contributed by atoms with Crippen molar-refractivity contribution in [1.82, 2.24) is 29.9 Å². The van der Waals surface area contributed by atoms with Crippen LogP contribution in [0.3, 0.4) is 0 Å². The second-order valence-electron chi connectivity index (χ2n) is 7.99. The zero-order valence-corrected chi connectivity index (χ0v) is 17.6. The number of carbonyl (C=O) groups excluding carboxylic acids is 1. The maximum absolute atomic E-state index is 14.8. The van der Waals surface area contributed by atoms with Gasteiger partial charge in [0.2, 0.25) is 0 Å². The Morgan fingerprint density at radius 2 is 1.94 bits per heavy atom. The molecule has 33 heavy (non-hydrogen) atoms. The van der Waals surface area contributed by atoms with Crippen LogP contribution in [-0.2, 0) is 0 Å². The highest BCUT2D eigenvalue weighted by Crippen LogP contribution is 2.30. The van der Waals surface area contributed by atoms with Crippen LogP contribution in [0, 0.1) is 5.82 Å². The third-order valence-electron chi connectivity index (χ3n) is 5.77. The highest BCUT2D eigenvalue weighted by Gasteiger charge is 2.25. The maximum atomic E-state index is 14.8. The number of nitrogens with zero attached hydrogens (tertiary/aromatic N) is 5. The smallest absolute Gasteiger partial charge is 0.252 e. The van der Waals surface area contributed by atoms with Crippen LogP contribution in [0.2, 0.25) is 0 Å². The van der Waals surface area contributed by atoms with E-state index in [9.17, 15) is 9.18 Å². The zero-order chi connectivity index (χ0) is 22.9. The number of nitrogens with two attached hydrogens (primary N) is 2. The van der Waals surface area contributed by atoms with E-state index in [1.165, 1.54) is 17.2 Å². The molecule has 12 heteroatoms. The van der Waals surface area contributed by atoms with Gasteiger partial charge in [0.15, 0.2) is 17.5 Å². The predicted octanol–water partition coefficient (Wildman–Crippen LogP) is 2.20. The van der Waals surface area contributed by atoms with Gasteiger partial charge in [0.05, 0.1) is 23.6 Å². The largest absolute Gasteiger partial charge is 0.365 e. The summed E-state index contributed by atoms with van der Waals surface area (Å²) in [5, 5.41) is 15.2. The fourth-order valence-electron chi connectivity index (χ4n) is 4.08. The van der Waals surface area contributed by atoms with Gasteiger partial charge in [0, 0.05) is 29.7 Å². The third kappa shape index (κ3) is 4.07. The van der Waals surface area contributed by atoms with Gasteiger partial charge in [-0.3, -0.25) is 4.79 Å². The number of primary amides is 1. The minimum atomic E-state index is -0.807. The van der Waals surface area contributed by atoms with Gasteiger partial charge in [-0.05, 0) is 25.0 Å². The van der Waals surface area contributed by atoms with E-state index in [1.54, 1.807) is 12.3 Å². The fourth-order valence-corrected chi connectivity index (χ4v) is 4.08. The lowest BCUT2D eigenvalue weighted by Gasteiger charge is -2.30. The molecule has 1 aliphatic carbocycles. The standard InChI is InChI=1S/C21H23FN10O/c22-13-9-12(18(24)33)20(31-21(13)28-15-4-2-1-3-14(15)23)29-16-10-17(32-26-7-8-27-32)30-19-11(16)5-6-25-19/h5-10,14-15H,1-4,23H2,(H2,24,33)(H3,25,28,29,30,31)/t14-,15?/m0/s1. The molecule has 1 unspecified atom stereocenters. The average molecular weight is 450 g/mol. The Balaban J connectivity index is 1.55. The number of fused-ring (bicyclic) bond motifs is 1. The summed E-state index contributed by atoms with van der Waals surface area (Å²) in [6.45, 7) is 0. The van der Waals surface area contributed by atoms with Crippen LogP contribution < -0.4 is 22.1 Å². The van der Waals surface area contributed by atoms with Crippen molar-refractivity contribution in [2.45, 2.75) is 37.8 Å². The van der Waals surface area contributed by atoms with Crippen molar-refractivity contribution in [3.05, 3.63) is 48.2 Å². The summed E-state index contributed by atoms with van der Waals surface area (Å²) < 4.78 is 14.8. The predicted molar refractivity (Wildman–Crippen MR) is 121 cm³/mol. The molecule has 0 radical (unpaired) electrons. The summed E-state index contributed by atoms with van der Waals surface area (Å²) in [5.41, 5.74) is 12.8. The molecule has 2 atom stereocenters. The molecule has 1 amide bonds. The molecule has 4 heterocycles. The average Bonchev–Trinajstić information content (AvgIpc) is 3.49. The summed E-state index contributed by atoms with van der Waals surface area (Å²) >= 11 is 0. The van der Waals surface area contributed by atoms with E-state index < -0.39 is 11.7 Å². The lowest BCUT2D eigenvalue weighted by molar-refractivity contribution is 0.100. The Labute approximate surface area is 187 Å². The molecule has 7 N–H and O–H groups in total. The molecule has 1 saturated carbocycles. The first kappa shape index (κ1) is 20.8. The molecule has 170 valence electrons. The van der Waals surface area contributed by atoms with Crippen molar-refractivity contribution in [2.24, 2.45) is 11.5 Å². The summed E-state index contributed by atoms with van der Waals surface area (Å²) in [7, 11) is 0. The van der Waals surface area contributed by atoms with E-state index in [1.807, 2.05) is 6.07 Å². The maximum Gasteiger partial charge on any atom is 0.252 e. The normalized spacial score (nSPS) is 18.4. The summed E-state index contributed by atoms with van der Waals surface area (Å²) in [4.78, 5) is 25.4. The van der Waals surface area contributed by atoms with Crippen LogP contribution in [0.25, 0.3) is 16.9 Å². The van der Waals surface area contributed by atoms with E-state index >= 15 is 0 Å². The van der Waals surface area contributed by atoms with E-state index in [0.717, 1.165) is 37.1 Å². The first-order chi connectivity index (χ1) is 16.0. The van der Waals surface area contributed by atoms with Gasteiger partial charge in [0.25, 0.3) is 5.91 Å². The van der Waals surface area contributed by atoms with E-state index in [-0.39, 0.29) is 29.3 Å². The van der Waals surface area contributed by atoms with E-state index in [4.69, 9.17) is 11.5 Å². The van der Waals surface area contributed by atoms with Crippen LogP contribution in [0.5, 0.6) is 0 Å². The quantitative estimate of drug-likeness (QED) is 0.298. The Morgan fingerprint density at radius 1 is 1.15 bits per heavy atom. The van der Waals surface area contributed by atoms with Crippen LogP contribution in [-0.4, -0.2) is 47.9 Å². The zero-order valence-electron chi connectivity index (χ0n) is 17.6. The van der Waals surface area contributed by atoms with E-state index in [0.29, 0.717) is 17.2 Å². The number of hydrogen-bond acceptors (Lipinski definition) is 8. The first-order valence-corrected chi connectivity index (χ1v) is 10.6. The van der Waals surface area contributed by atoms with Crippen molar-refractivity contribution >= 4 is 34.3 Å². The van der Waals surface area contributed by atoms with Crippen molar-refractivity contribution < 1.29 is 9.18 Å². The van der Waals surface area contributed by atoms with Crippen molar-refractivity contribution in [2.75, 3.05) is 10.6 Å². The topological polar surface area (TPSA) is 165 Å². The molecule has 5 rings (SSSR count). The van der Waals surface area contributed by atoms with E-state index in [2.05, 4.69) is 35.8 Å². The van der Waals surface area contributed by atoms with Gasteiger partial charge >= 0.3 is 0 Å². The lowest BCUT2D eigenvalue weighted by Crippen LogP contribution is -2.43. The number of aromatic nitrogens is 6. The number of H-pyrrole nitrogens is 1. The molecule has 4 aromatic heterocycles. The second kappa shape index (κ2) is 8.47. The van der Waals surface area contributed by atoms with Crippen molar-refractivity contribution in [1.29, 1.82) is 0 Å². The second-order valence-corrected chi connectivity index (χ2v) is 7.99. The molecule has 0 aliphatic heterocycles. The van der Waals surface area contributed by atoms with Crippen LogP contribution in [0.15, 0.2) is 36.8 Å². The van der Waals surface area contributed by atoms with Gasteiger partial charge in [-0.1, -0.05) is 12.8 Å². The number of rotatable bonds is 6. The van der Waals surface area contributed by atoms with Gasteiger partial charge in [-0.25, -0.2) is 14.4 Å². The number of anilines is 3.